The predicted octanol–water partition coefficient (Wildman–Crippen LogP) is 2.99. The van der Waals surface area contributed by atoms with Gasteiger partial charge in [-0.15, -0.1) is 0 Å². The molecule has 1 aliphatic heterocycles. The van der Waals surface area contributed by atoms with E-state index in [0.717, 1.165) is 37.8 Å². The van der Waals surface area contributed by atoms with Gasteiger partial charge in [-0.3, -0.25) is 0 Å². The van der Waals surface area contributed by atoms with Crippen LogP contribution in [-0.2, 0) is 6.42 Å². The zero-order chi connectivity index (χ0) is 19.2. The normalized spacial score (nSPS) is 14.2. The lowest BCUT2D eigenvalue weighted by Gasteiger charge is -2.36. The van der Waals surface area contributed by atoms with E-state index in [0.29, 0.717) is 24.5 Å². The highest BCUT2D eigenvalue weighted by Gasteiger charge is 2.19. The fourth-order valence-electron chi connectivity index (χ4n) is 3.33. The summed E-state index contributed by atoms with van der Waals surface area (Å²) in [5, 5.41) is 3.20. The molecule has 2 aromatic heterocycles. The van der Waals surface area contributed by atoms with E-state index in [2.05, 4.69) is 30.1 Å². The quantitative estimate of drug-likeness (QED) is 0.712. The molecule has 1 N–H and O–H groups in total. The lowest BCUT2D eigenvalue weighted by atomic mass is 10.1. The number of aromatic nitrogens is 3. The molecule has 0 bridgehead atoms. The molecule has 0 radical (unpaired) electrons. The maximum absolute atomic E-state index is 13.7. The van der Waals surface area contributed by atoms with Crippen LogP contribution in [0.2, 0.25) is 0 Å². The van der Waals surface area contributed by atoms with Crippen LogP contribution in [0, 0.1) is 5.82 Å². The minimum atomic E-state index is -0.176. The van der Waals surface area contributed by atoms with Crippen molar-refractivity contribution in [3.05, 3.63) is 72.3 Å². The maximum Gasteiger partial charge on any atom is 0.224 e. The molecular formula is C21H23FN6. The Labute approximate surface area is 164 Å². The summed E-state index contributed by atoms with van der Waals surface area (Å²) in [5.74, 6) is 2.31. The highest BCUT2D eigenvalue weighted by Crippen LogP contribution is 2.18. The molecule has 1 aliphatic rings. The zero-order valence-electron chi connectivity index (χ0n) is 15.6. The number of rotatable bonds is 6. The SMILES string of the molecule is Fc1ccccc1CCNc1nccc(N2CCN(c3ccccn3)CC2)n1. The van der Waals surface area contributed by atoms with Crippen LogP contribution in [0.1, 0.15) is 5.56 Å². The Hall–Kier alpha value is -3.22. The van der Waals surface area contributed by atoms with Gasteiger partial charge in [-0.1, -0.05) is 24.3 Å². The number of piperazine rings is 1. The molecule has 28 heavy (non-hydrogen) atoms. The van der Waals surface area contributed by atoms with E-state index in [4.69, 9.17) is 0 Å². The van der Waals surface area contributed by atoms with Gasteiger partial charge in [0.15, 0.2) is 0 Å². The summed E-state index contributed by atoms with van der Waals surface area (Å²) in [6.45, 7) is 4.14. The smallest absolute Gasteiger partial charge is 0.224 e. The van der Waals surface area contributed by atoms with Gasteiger partial charge in [-0.2, -0.15) is 4.98 Å². The van der Waals surface area contributed by atoms with Crippen molar-refractivity contribution < 1.29 is 4.39 Å². The number of nitrogens with one attached hydrogen (secondary N) is 1. The van der Waals surface area contributed by atoms with Crippen LogP contribution in [0.15, 0.2) is 60.9 Å². The van der Waals surface area contributed by atoms with Gasteiger partial charge in [0.25, 0.3) is 0 Å². The van der Waals surface area contributed by atoms with Crippen molar-refractivity contribution in [2.45, 2.75) is 6.42 Å². The maximum atomic E-state index is 13.7. The standard InChI is InChI=1S/C21H23FN6/c22-18-6-2-1-5-17(18)8-11-24-21-25-12-9-20(26-21)28-15-13-27(14-16-28)19-7-3-4-10-23-19/h1-7,9-10,12H,8,11,13-16H2,(H,24,25,26). The Balaban J connectivity index is 1.32. The lowest BCUT2D eigenvalue weighted by Crippen LogP contribution is -2.47. The molecule has 0 aliphatic carbocycles. The van der Waals surface area contributed by atoms with E-state index < -0.39 is 0 Å². The second kappa shape index (κ2) is 8.65. The molecule has 3 aromatic rings. The number of benzene rings is 1. The molecule has 0 spiro atoms. The summed E-state index contributed by atoms with van der Waals surface area (Å²) in [6.07, 6.45) is 4.17. The van der Waals surface area contributed by atoms with E-state index in [1.54, 1.807) is 18.3 Å². The highest BCUT2D eigenvalue weighted by molar-refractivity contribution is 5.46. The third-order valence-electron chi connectivity index (χ3n) is 4.85. The van der Waals surface area contributed by atoms with E-state index in [9.17, 15) is 4.39 Å². The first kappa shape index (κ1) is 18.2. The van der Waals surface area contributed by atoms with Crippen molar-refractivity contribution in [3.63, 3.8) is 0 Å². The van der Waals surface area contributed by atoms with E-state index in [1.165, 1.54) is 6.07 Å². The first-order valence-electron chi connectivity index (χ1n) is 9.51. The van der Waals surface area contributed by atoms with Gasteiger partial charge < -0.3 is 15.1 Å². The zero-order valence-corrected chi connectivity index (χ0v) is 15.6. The Bertz CT molecular complexity index is 896. The third-order valence-corrected chi connectivity index (χ3v) is 4.85. The average molecular weight is 378 g/mol. The van der Waals surface area contributed by atoms with Crippen molar-refractivity contribution >= 4 is 17.6 Å². The van der Waals surface area contributed by atoms with Crippen LogP contribution in [0.25, 0.3) is 0 Å². The van der Waals surface area contributed by atoms with Gasteiger partial charge in [0.2, 0.25) is 5.95 Å². The van der Waals surface area contributed by atoms with Crippen LogP contribution in [-0.4, -0.2) is 47.7 Å². The van der Waals surface area contributed by atoms with Gasteiger partial charge in [0, 0.05) is 45.1 Å². The Morgan fingerprint density at radius 3 is 2.32 bits per heavy atom. The molecular weight excluding hydrogens is 355 g/mol. The predicted molar refractivity (Wildman–Crippen MR) is 109 cm³/mol. The van der Waals surface area contributed by atoms with E-state index in [1.807, 2.05) is 36.5 Å². The summed E-state index contributed by atoms with van der Waals surface area (Å²) in [7, 11) is 0. The molecule has 0 unspecified atom stereocenters. The fraction of sp³-hybridized carbons (Fsp3) is 0.286. The Morgan fingerprint density at radius 2 is 1.57 bits per heavy atom. The van der Waals surface area contributed by atoms with Crippen LogP contribution < -0.4 is 15.1 Å². The molecule has 3 heterocycles. The summed E-state index contributed by atoms with van der Waals surface area (Å²) >= 11 is 0. The largest absolute Gasteiger partial charge is 0.354 e. The van der Waals surface area contributed by atoms with Gasteiger partial charge in [0.05, 0.1) is 0 Å². The Kier molecular flexibility index (Phi) is 5.61. The first-order chi connectivity index (χ1) is 13.8. The number of hydrogen-bond acceptors (Lipinski definition) is 6. The van der Waals surface area contributed by atoms with Gasteiger partial charge in [0.1, 0.15) is 17.5 Å². The molecule has 1 aromatic carbocycles. The number of hydrogen-bond donors (Lipinski definition) is 1. The van der Waals surface area contributed by atoms with Gasteiger partial charge in [-0.05, 0) is 36.2 Å². The fourth-order valence-corrected chi connectivity index (χ4v) is 3.33. The van der Waals surface area contributed by atoms with Crippen molar-refractivity contribution in [2.75, 3.05) is 47.8 Å². The van der Waals surface area contributed by atoms with Crippen LogP contribution in [0.3, 0.4) is 0 Å². The third kappa shape index (κ3) is 4.36. The second-order valence-electron chi connectivity index (χ2n) is 6.67. The van der Waals surface area contributed by atoms with Crippen molar-refractivity contribution in [1.29, 1.82) is 0 Å². The highest BCUT2D eigenvalue weighted by atomic mass is 19.1. The molecule has 1 fully saturated rings. The lowest BCUT2D eigenvalue weighted by molar-refractivity contribution is 0.610. The van der Waals surface area contributed by atoms with Crippen LogP contribution in [0.5, 0.6) is 0 Å². The minimum Gasteiger partial charge on any atom is -0.354 e. The van der Waals surface area contributed by atoms with Crippen LogP contribution in [0.4, 0.5) is 22.0 Å². The number of anilines is 3. The van der Waals surface area contributed by atoms with Gasteiger partial charge in [-0.25, -0.2) is 14.4 Å². The second-order valence-corrected chi connectivity index (χ2v) is 6.67. The molecule has 0 amide bonds. The molecule has 1 saturated heterocycles. The number of nitrogens with zero attached hydrogens (tertiary/aromatic N) is 5. The van der Waals surface area contributed by atoms with E-state index in [-0.39, 0.29) is 5.82 Å². The van der Waals surface area contributed by atoms with Crippen LogP contribution >= 0.6 is 0 Å². The molecule has 6 nitrogen and oxygen atoms in total. The van der Waals surface area contributed by atoms with Crippen molar-refractivity contribution in [2.24, 2.45) is 0 Å². The van der Waals surface area contributed by atoms with E-state index >= 15 is 0 Å². The van der Waals surface area contributed by atoms with Crippen molar-refractivity contribution in [1.82, 2.24) is 15.0 Å². The first-order valence-corrected chi connectivity index (χ1v) is 9.51. The summed E-state index contributed by atoms with van der Waals surface area (Å²) in [4.78, 5) is 17.9. The minimum absolute atomic E-state index is 0.176. The summed E-state index contributed by atoms with van der Waals surface area (Å²) in [6, 6.07) is 14.7. The summed E-state index contributed by atoms with van der Waals surface area (Å²) < 4.78 is 13.7. The number of halogens is 1. The topological polar surface area (TPSA) is 57.2 Å². The average Bonchev–Trinajstić information content (AvgIpc) is 2.76. The Morgan fingerprint density at radius 1 is 0.821 bits per heavy atom. The molecule has 7 heteroatoms. The molecule has 4 rings (SSSR count). The molecule has 0 atom stereocenters. The monoisotopic (exact) mass is 378 g/mol. The molecule has 0 saturated carbocycles. The van der Waals surface area contributed by atoms with Gasteiger partial charge >= 0.3 is 0 Å². The molecule has 144 valence electrons. The summed E-state index contributed by atoms with van der Waals surface area (Å²) in [5.41, 5.74) is 0.691. The van der Waals surface area contributed by atoms with Crippen molar-refractivity contribution in [3.8, 4) is 0 Å². The number of pyridine rings is 1.